The number of aromatic nitrogens is 2. The minimum atomic E-state index is -0.650. The van der Waals surface area contributed by atoms with Gasteiger partial charge in [-0.05, 0) is 29.7 Å². The highest BCUT2D eigenvalue weighted by molar-refractivity contribution is 7.99. The van der Waals surface area contributed by atoms with Crippen LogP contribution in [0.15, 0.2) is 66.1 Å². The molecular formula is C27H32N4O6S. The number of anilines is 1. The van der Waals surface area contributed by atoms with Crippen molar-refractivity contribution in [3.63, 3.8) is 0 Å². The zero-order chi connectivity index (χ0) is 26.9. The molecular weight excluding hydrogens is 508 g/mol. The first-order chi connectivity index (χ1) is 18.4. The van der Waals surface area contributed by atoms with Gasteiger partial charge in [0.1, 0.15) is 0 Å². The van der Waals surface area contributed by atoms with Crippen molar-refractivity contribution in [2.75, 3.05) is 11.1 Å². The highest BCUT2D eigenvalue weighted by Crippen LogP contribution is 2.39. The van der Waals surface area contributed by atoms with Crippen molar-refractivity contribution in [2.24, 2.45) is 7.05 Å². The van der Waals surface area contributed by atoms with Crippen molar-refractivity contribution in [3.05, 3.63) is 77.6 Å². The Morgan fingerprint density at radius 1 is 1.11 bits per heavy atom. The summed E-state index contributed by atoms with van der Waals surface area (Å²) in [7, 11) is 1.95. The number of carbonyl (C=O) groups is 2. The topological polar surface area (TPSA) is 135 Å². The van der Waals surface area contributed by atoms with E-state index < -0.39 is 12.2 Å². The zero-order valence-electron chi connectivity index (χ0n) is 21.1. The number of hydroxylamine groups is 1. The summed E-state index contributed by atoms with van der Waals surface area (Å²) in [5.74, 6) is -0.0690. The highest BCUT2D eigenvalue weighted by Gasteiger charge is 2.32. The maximum Gasteiger partial charge on any atom is 0.243 e. The molecule has 4 rings (SSSR count). The highest BCUT2D eigenvalue weighted by atomic mass is 32.2. The van der Waals surface area contributed by atoms with Gasteiger partial charge in [-0.15, -0.1) is 0 Å². The van der Waals surface area contributed by atoms with E-state index in [2.05, 4.69) is 10.3 Å². The molecule has 2 heterocycles. The molecule has 11 heteroatoms. The number of hydrogen-bond donors (Lipinski definition) is 4. The lowest BCUT2D eigenvalue weighted by molar-refractivity contribution is -0.245. The summed E-state index contributed by atoms with van der Waals surface area (Å²) in [6, 6.07) is 15.0. The maximum absolute atomic E-state index is 12.3. The molecule has 38 heavy (non-hydrogen) atoms. The summed E-state index contributed by atoms with van der Waals surface area (Å²) >= 11 is 1.62. The van der Waals surface area contributed by atoms with E-state index >= 15 is 0 Å². The second-order valence-electron chi connectivity index (χ2n) is 9.04. The Labute approximate surface area is 225 Å². The van der Waals surface area contributed by atoms with Crippen LogP contribution in [0.25, 0.3) is 0 Å². The standard InChI is InChI=1S/C27H32N4O6S/c1-31-13-12-28-27(31)38-17-22-15-23(19-10-8-18(16-32)9-11-19)37-26(36-22)20-4-2-5-21(14-20)29-24(33)6-3-7-25(34)30-35/h2,4-5,8-14,22-23,26,32,35H,3,6-7,15-17H2,1H3,(H,29,33)(H,30,34)/t22-,23+,26+/m1/s1. The SMILES string of the molecule is Cn1ccnc1SC[C@H]1C[C@@H](c2ccc(CO)cc2)O[C@@H](c2cccc(NC(=O)CCCC(=O)NO)c2)O1. The molecule has 0 saturated carbocycles. The van der Waals surface area contributed by atoms with Crippen LogP contribution in [0.5, 0.6) is 0 Å². The van der Waals surface area contributed by atoms with E-state index in [0.717, 1.165) is 21.8 Å². The molecule has 0 spiro atoms. The summed E-state index contributed by atoms with van der Waals surface area (Å²) in [6.45, 7) is -0.0202. The van der Waals surface area contributed by atoms with Crippen molar-refractivity contribution in [1.29, 1.82) is 0 Å². The number of ether oxygens (including phenoxy) is 2. The van der Waals surface area contributed by atoms with E-state index in [-0.39, 0.29) is 37.6 Å². The Bertz CT molecular complexity index is 1220. The molecule has 2 aromatic carbocycles. The molecule has 202 valence electrons. The van der Waals surface area contributed by atoms with E-state index in [0.29, 0.717) is 24.3 Å². The average molecular weight is 541 g/mol. The molecule has 0 radical (unpaired) electrons. The molecule has 2 amide bonds. The molecule has 1 fully saturated rings. The van der Waals surface area contributed by atoms with E-state index in [1.54, 1.807) is 29.5 Å². The molecule has 1 aliphatic heterocycles. The largest absolute Gasteiger partial charge is 0.392 e. The van der Waals surface area contributed by atoms with Crippen LogP contribution in [0.3, 0.4) is 0 Å². The molecule has 0 aliphatic carbocycles. The first-order valence-electron chi connectivity index (χ1n) is 12.4. The fraction of sp³-hybridized carbons (Fsp3) is 0.370. The number of rotatable bonds is 11. The lowest BCUT2D eigenvalue weighted by atomic mass is 10.0. The van der Waals surface area contributed by atoms with E-state index in [1.807, 2.05) is 60.3 Å². The lowest BCUT2D eigenvalue weighted by Crippen LogP contribution is -2.31. The third-order valence-corrected chi connectivity index (χ3v) is 7.36. The number of imidazole rings is 1. The number of aliphatic hydroxyl groups excluding tert-OH is 1. The molecule has 10 nitrogen and oxygen atoms in total. The normalized spacial score (nSPS) is 19.2. The van der Waals surface area contributed by atoms with Gasteiger partial charge in [-0.3, -0.25) is 14.8 Å². The predicted octanol–water partition coefficient (Wildman–Crippen LogP) is 3.86. The number of aliphatic hydroxyl groups is 1. The molecule has 1 aromatic heterocycles. The summed E-state index contributed by atoms with van der Waals surface area (Å²) in [6.07, 6.45) is 3.87. The molecule has 3 atom stereocenters. The Kier molecular flexibility index (Phi) is 9.91. The Balaban J connectivity index is 1.46. The number of nitrogens with zero attached hydrogens (tertiary/aromatic N) is 2. The first-order valence-corrected chi connectivity index (χ1v) is 13.4. The average Bonchev–Trinajstić information content (AvgIpc) is 3.36. The summed E-state index contributed by atoms with van der Waals surface area (Å²) in [4.78, 5) is 27.9. The van der Waals surface area contributed by atoms with Crippen LogP contribution < -0.4 is 10.8 Å². The number of benzene rings is 2. The number of carbonyl (C=O) groups excluding carboxylic acids is 2. The Morgan fingerprint density at radius 3 is 2.61 bits per heavy atom. The van der Waals surface area contributed by atoms with Crippen LogP contribution in [0.1, 0.15) is 54.8 Å². The minimum Gasteiger partial charge on any atom is -0.392 e. The van der Waals surface area contributed by atoms with Gasteiger partial charge in [-0.1, -0.05) is 48.2 Å². The maximum atomic E-state index is 12.3. The van der Waals surface area contributed by atoms with E-state index in [9.17, 15) is 14.7 Å². The monoisotopic (exact) mass is 540 g/mol. The van der Waals surface area contributed by atoms with Gasteiger partial charge >= 0.3 is 0 Å². The van der Waals surface area contributed by atoms with Gasteiger partial charge in [0, 0.05) is 55.7 Å². The Hall–Kier alpha value is -3.22. The fourth-order valence-corrected chi connectivity index (χ4v) is 5.08. The van der Waals surface area contributed by atoms with Crippen molar-refractivity contribution < 1.29 is 29.4 Å². The van der Waals surface area contributed by atoms with Gasteiger partial charge in [0.05, 0.1) is 18.8 Å². The predicted molar refractivity (Wildman–Crippen MR) is 141 cm³/mol. The molecule has 1 aliphatic rings. The van der Waals surface area contributed by atoms with Crippen molar-refractivity contribution in [3.8, 4) is 0 Å². The van der Waals surface area contributed by atoms with Gasteiger partial charge in [0.2, 0.25) is 11.8 Å². The third-order valence-electron chi connectivity index (χ3n) is 6.17. The first kappa shape index (κ1) is 27.8. The van der Waals surface area contributed by atoms with Crippen molar-refractivity contribution >= 4 is 29.3 Å². The quantitative estimate of drug-likeness (QED) is 0.164. The van der Waals surface area contributed by atoms with Gasteiger partial charge in [-0.2, -0.15) is 0 Å². The number of amides is 2. The second kappa shape index (κ2) is 13.5. The summed E-state index contributed by atoms with van der Waals surface area (Å²) in [5, 5.41) is 21.7. The smallest absolute Gasteiger partial charge is 0.243 e. The van der Waals surface area contributed by atoms with Crippen LogP contribution in [0.4, 0.5) is 5.69 Å². The molecule has 1 saturated heterocycles. The van der Waals surface area contributed by atoms with Gasteiger partial charge < -0.3 is 24.5 Å². The van der Waals surface area contributed by atoms with Crippen LogP contribution >= 0.6 is 11.8 Å². The third kappa shape index (κ3) is 7.65. The zero-order valence-corrected chi connectivity index (χ0v) is 21.9. The molecule has 4 N–H and O–H groups in total. The summed E-state index contributed by atoms with van der Waals surface area (Å²) < 4.78 is 14.7. The number of hydrogen-bond acceptors (Lipinski definition) is 8. The van der Waals surface area contributed by atoms with Gasteiger partial charge in [-0.25, -0.2) is 10.5 Å². The van der Waals surface area contributed by atoms with Gasteiger partial charge in [0.25, 0.3) is 0 Å². The number of thioether (sulfide) groups is 1. The van der Waals surface area contributed by atoms with Gasteiger partial charge in [0.15, 0.2) is 11.4 Å². The fourth-order valence-electron chi connectivity index (χ4n) is 4.13. The van der Waals surface area contributed by atoms with Crippen molar-refractivity contribution in [1.82, 2.24) is 15.0 Å². The molecule has 0 bridgehead atoms. The molecule has 0 unspecified atom stereocenters. The van der Waals surface area contributed by atoms with Crippen LogP contribution in [0.2, 0.25) is 0 Å². The Morgan fingerprint density at radius 2 is 1.89 bits per heavy atom. The van der Waals surface area contributed by atoms with Crippen LogP contribution in [0, 0.1) is 0 Å². The lowest BCUT2D eigenvalue weighted by Gasteiger charge is -2.36. The molecule has 3 aromatic rings. The second-order valence-corrected chi connectivity index (χ2v) is 10.0. The van der Waals surface area contributed by atoms with E-state index in [4.69, 9.17) is 14.7 Å². The van der Waals surface area contributed by atoms with E-state index in [1.165, 1.54) is 0 Å². The minimum absolute atomic E-state index is 0.0202. The number of nitrogens with one attached hydrogen (secondary N) is 2. The van der Waals surface area contributed by atoms with Crippen molar-refractivity contribution in [2.45, 2.75) is 55.9 Å². The summed E-state index contributed by atoms with van der Waals surface area (Å²) in [5.41, 5.74) is 4.76. The van der Waals surface area contributed by atoms with Crippen LogP contribution in [-0.2, 0) is 32.7 Å². The van der Waals surface area contributed by atoms with Crippen LogP contribution in [-0.4, -0.2) is 43.5 Å². The number of aryl methyl sites for hydroxylation is 1.